The first-order valence-corrected chi connectivity index (χ1v) is 7.91. The van der Waals surface area contributed by atoms with Gasteiger partial charge in [0.15, 0.2) is 6.61 Å². The lowest BCUT2D eigenvalue weighted by Gasteiger charge is -2.23. The smallest absolute Gasteiger partial charge is 0.258 e. The Hall–Kier alpha value is -1.26. The number of carbonyl (C=O) groups is 1. The summed E-state index contributed by atoms with van der Waals surface area (Å²) < 4.78 is 5.61. The second-order valence-corrected chi connectivity index (χ2v) is 6.10. The predicted molar refractivity (Wildman–Crippen MR) is 84.6 cm³/mol. The second-order valence-electron chi connectivity index (χ2n) is 5.66. The summed E-state index contributed by atoms with van der Waals surface area (Å²) in [6.45, 7) is 1.87. The first-order chi connectivity index (χ1) is 10.1. The van der Waals surface area contributed by atoms with E-state index in [1.54, 1.807) is 18.2 Å². The van der Waals surface area contributed by atoms with E-state index in [-0.39, 0.29) is 18.6 Å². The first-order valence-electron chi connectivity index (χ1n) is 7.53. The van der Waals surface area contributed by atoms with Gasteiger partial charge in [-0.05, 0) is 38.0 Å². The van der Waals surface area contributed by atoms with Crippen molar-refractivity contribution >= 4 is 17.5 Å². The maximum absolute atomic E-state index is 11.9. The van der Waals surface area contributed by atoms with Crippen molar-refractivity contribution in [2.75, 3.05) is 6.61 Å². The van der Waals surface area contributed by atoms with Crippen molar-refractivity contribution in [3.05, 3.63) is 28.8 Å². The summed E-state index contributed by atoms with van der Waals surface area (Å²) in [6, 6.07) is 5.38. The van der Waals surface area contributed by atoms with Gasteiger partial charge >= 0.3 is 0 Å². The number of halogens is 1. The standard InChI is InChI=1S/C16H23ClN2O2/c1-11(18)14-9-12(17)7-8-15(14)21-10-16(20)19-13-5-3-2-4-6-13/h7-9,11,13H,2-6,10,18H2,1H3,(H,19,20)/t11-/m1/s1. The molecule has 1 aromatic rings. The molecular weight excluding hydrogens is 288 g/mol. The molecule has 0 unspecified atom stereocenters. The summed E-state index contributed by atoms with van der Waals surface area (Å²) in [4.78, 5) is 11.9. The molecule has 1 aromatic carbocycles. The van der Waals surface area contributed by atoms with E-state index in [0.29, 0.717) is 16.8 Å². The van der Waals surface area contributed by atoms with E-state index < -0.39 is 0 Å². The molecule has 0 spiro atoms. The van der Waals surface area contributed by atoms with Crippen LogP contribution in [0.2, 0.25) is 5.02 Å². The van der Waals surface area contributed by atoms with Crippen LogP contribution in [0.5, 0.6) is 5.75 Å². The molecule has 5 heteroatoms. The molecule has 1 saturated carbocycles. The Kier molecular flexibility index (Phi) is 5.88. The van der Waals surface area contributed by atoms with Crippen LogP contribution in [0.1, 0.15) is 50.6 Å². The van der Waals surface area contributed by atoms with Crippen LogP contribution in [0.25, 0.3) is 0 Å². The quantitative estimate of drug-likeness (QED) is 0.878. The van der Waals surface area contributed by atoms with Crippen molar-refractivity contribution in [1.82, 2.24) is 5.32 Å². The monoisotopic (exact) mass is 310 g/mol. The van der Waals surface area contributed by atoms with Gasteiger partial charge in [0.1, 0.15) is 5.75 Å². The summed E-state index contributed by atoms with van der Waals surface area (Å²) >= 11 is 5.96. The van der Waals surface area contributed by atoms with Crippen LogP contribution in [-0.4, -0.2) is 18.6 Å². The number of nitrogens with one attached hydrogen (secondary N) is 1. The lowest BCUT2D eigenvalue weighted by Crippen LogP contribution is -2.39. The van der Waals surface area contributed by atoms with Crippen molar-refractivity contribution in [1.29, 1.82) is 0 Å². The Bertz CT molecular complexity index is 485. The van der Waals surface area contributed by atoms with Crippen LogP contribution < -0.4 is 15.8 Å². The second kappa shape index (κ2) is 7.66. The van der Waals surface area contributed by atoms with E-state index in [2.05, 4.69) is 5.32 Å². The van der Waals surface area contributed by atoms with Gasteiger partial charge in [0.25, 0.3) is 5.91 Å². The number of hydrogen-bond donors (Lipinski definition) is 2. The molecule has 1 amide bonds. The highest BCUT2D eigenvalue weighted by molar-refractivity contribution is 6.30. The maximum atomic E-state index is 11.9. The van der Waals surface area contributed by atoms with Gasteiger partial charge in [0.2, 0.25) is 0 Å². The number of nitrogens with two attached hydrogens (primary N) is 1. The average Bonchev–Trinajstić information content (AvgIpc) is 2.47. The third-order valence-electron chi connectivity index (χ3n) is 3.79. The van der Waals surface area contributed by atoms with Gasteiger partial charge in [-0.15, -0.1) is 0 Å². The third-order valence-corrected chi connectivity index (χ3v) is 4.03. The molecular formula is C16H23ClN2O2. The number of carbonyl (C=O) groups excluding carboxylic acids is 1. The molecule has 21 heavy (non-hydrogen) atoms. The van der Waals surface area contributed by atoms with E-state index in [4.69, 9.17) is 22.1 Å². The fourth-order valence-electron chi connectivity index (χ4n) is 2.67. The molecule has 4 nitrogen and oxygen atoms in total. The third kappa shape index (κ3) is 4.90. The summed E-state index contributed by atoms with van der Waals surface area (Å²) in [6.07, 6.45) is 5.79. The molecule has 1 aliphatic rings. The van der Waals surface area contributed by atoms with Gasteiger partial charge in [0, 0.05) is 22.7 Å². The Morgan fingerprint density at radius 1 is 1.43 bits per heavy atom. The zero-order valence-electron chi connectivity index (χ0n) is 12.4. The zero-order valence-corrected chi connectivity index (χ0v) is 13.2. The number of ether oxygens (including phenoxy) is 1. The first kappa shape index (κ1) is 16.1. The van der Waals surface area contributed by atoms with Gasteiger partial charge in [-0.1, -0.05) is 30.9 Å². The normalized spacial score (nSPS) is 17.3. The van der Waals surface area contributed by atoms with E-state index in [1.165, 1.54) is 19.3 Å². The molecule has 0 saturated heterocycles. The molecule has 1 aliphatic carbocycles. The van der Waals surface area contributed by atoms with E-state index in [9.17, 15) is 4.79 Å². The number of benzene rings is 1. The highest BCUT2D eigenvalue weighted by atomic mass is 35.5. The van der Waals surface area contributed by atoms with E-state index in [1.807, 2.05) is 6.92 Å². The van der Waals surface area contributed by atoms with Crippen LogP contribution >= 0.6 is 11.6 Å². The van der Waals surface area contributed by atoms with E-state index in [0.717, 1.165) is 18.4 Å². The van der Waals surface area contributed by atoms with Crippen molar-refractivity contribution in [2.24, 2.45) is 5.73 Å². The highest BCUT2D eigenvalue weighted by Gasteiger charge is 2.16. The number of amides is 1. The largest absolute Gasteiger partial charge is 0.483 e. The molecule has 116 valence electrons. The molecule has 0 heterocycles. The van der Waals surface area contributed by atoms with Crippen LogP contribution in [0.15, 0.2) is 18.2 Å². The van der Waals surface area contributed by atoms with Crippen LogP contribution in [0.4, 0.5) is 0 Å². The van der Waals surface area contributed by atoms with Crippen molar-refractivity contribution in [3.8, 4) is 5.75 Å². The number of hydrogen-bond acceptors (Lipinski definition) is 3. The van der Waals surface area contributed by atoms with Gasteiger partial charge in [-0.3, -0.25) is 4.79 Å². The minimum atomic E-state index is -0.194. The Labute approximate surface area is 131 Å². The molecule has 0 radical (unpaired) electrons. The lowest BCUT2D eigenvalue weighted by molar-refractivity contribution is -0.124. The molecule has 1 atom stereocenters. The van der Waals surface area contributed by atoms with Gasteiger partial charge in [-0.25, -0.2) is 0 Å². The fourth-order valence-corrected chi connectivity index (χ4v) is 2.85. The van der Waals surface area contributed by atoms with E-state index >= 15 is 0 Å². The van der Waals surface area contributed by atoms with Crippen LogP contribution in [0, 0.1) is 0 Å². The summed E-state index contributed by atoms with van der Waals surface area (Å²) in [5.74, 6) is 0.542. The van der Waals surface area contributed by atoms with Crippen molar-refractivity contribution < 1.29 is 9.53 Å². The minimum Gasteiger partial charge on any atom is -0.483 e. The zero-order chi connectivity index (χ0) is 15.2. The predicted octanol–water partition coefficient (Wildman–Crippen LogP) is 3.19. The Morgan fingerprint density at radius 2 is 2.14 bits per heavy atom. The van der Waals surface area contributed by atoms with Gasteiger partial charge in [0.05, 0.1) is 0 Å². The topological polar surface area (TPSA) is 64.3 Å². The number of rotatable bonds is 5. The average molecular weight is 311 g/mol. The maximum Gasteiger partial charge on any atom is 0.258 e. The summed E-state index contributed by atoms with van der Waals surface area (Å²) in [5.41, 5.74) is 6.71. The molecule has 0 aliphatic heterocycles. The van der Waals surface area contributed by atoms with Gasteiger partial charge in [-0.2, -0.15) is 0 Å². The van der Waals surface area contributed by atoms with Crippen LogP contribution in [0.3, 0.4) is 0 Å². The van der Waals surface area contributed by atoms with Crippen molar-refractivity contribution in [2.45, 2.75) is 51.1 Å². The molecule has 0 bridgehead atoms. The SMILES string of the molecule is C[C@@H](N)c1cc(Cl)ccc1OCC(=O)NC1CCCCC1. The molecule has 3 N–H and O–H groups in total. The summed E-state index contributed by atoms with van der Waals surface area (Å²) in [5, 5.41) is 3.64. The fraction of sp³-hybridized carbons (Fsp3) is 0.562. The lowest BCUT2D eigenvalue weighted by atomic mass is 9.95. The molecule has 2 rings (SSSR count). The Balaban J connectivity index is 1.88. The highest BCUT2D eigenvalue weighted by Crippen LogP contribution is 2.27. The van der Waals surface area contributed by atoms with Crippen LogP contribution in [-0.2, 0) is 4.79 Å². The van der Waals surface area contributed by atoms with Gasteiger partial charge < -0.3 is 15.8 Å². The minimum absolute atomic E-state index is 0.0118. The molecule has 0 aromatic heterocycles. The Morgan fingerprint density at radius 3 is 2.81 bits per heavy atom. The molecule has 1 fully saturated rings. The van der Waals surface area contributed by atoms with Crippen molar-refractivity contribution in [3.63, 3.8) is 0 Å². The summed E-state index contributed by atoms with van der Waals surface area (Å²) in [7, 11) is 0.